The van der Waals surface area contributed by atoms with E-state index in [-0.39, 0.29) is 11.2 Å². The largest absolute Gasteiger partial charge is 0.383 e. The van der Waals surface area contributed by atoms with E-state index in [1.165, 1.54) is 18.4 Å². The maximum absolute atomic E-state index is 12.9. The Labute approximate surface area is 195 Å². The molecule has 5 atom stereocenters. The van der Waals surface area contributed by atoms with Gasteiger partial charge in [0, 0.05) is 51.3 Å². The quantitative estimate of drug-likeness (QED) is 0.393. The topological polar surface area (TPSA) is 65.6 Å². The van der Waals surface area contributed by atoms with Gasteiger partial charge in [-0.15, -0.1) is 22.7 Å². The van der Waals surface area contributed by atoms with Crippen molar-refractivity contribution in [1.29, 1.82) is 0 Å². The molecule has 0 aromatic carbocycles. The number of aliphatic imine (C=N–C) groups is 1. The predicted octanol–water partition coefficient (Wildman–Crippen LogP) is 4.79. The first kappa shape index (κ1) is 19.4. The van der Waals surface area contributed by atoms with Gasteiger partial charge in [-0.05, 0) is 55.9 Å². The first-order valence-corrected chi connectivity index (χ1v) is 13.1. The van der Waals surface area contributed by atoms with Crippen LogP contribution < -0.4 is 0 Å². The number of carbonyl (C=O) groups excluding carboxylic acids is 1. The molecule has 3 saturated carbocycles. The van der Waals surface area contributed by atoms with E-state index in [1.807, 2.05) is 30.8 Å². The molecule has 32 heavy (non-hydrogen) atoms. The number of hydrogen-bond acceptors (Lipinski definition) is 7. The maximum atomic E-state index is 12.9. The van der Waals surface area contributed by atoms with Gasteiger partial charge in [0.1, 0.15) is 16.8 Å². The number of thiazole rings is 1. The van der Waals surface area contributed by atoms with Crippen LogP contribution in [0.1, 0.15) is 57.2 Å². The molecule has 2 aromatic rings. The Hall–Kier alpha value is -2.09. The van der Waals surface area contributed by atoms with E-state index in [0.29, 0.717) is 24.4 Å². The second-order valence-electron chi connectivity index (χ2n) is 10.1. The lowest BCUT2D eigenvalue weighted by molar-refractivity contribution is -0.0647. The average Bonchev–Trinajstić information content (AvgIpc) is 3.09. The first-order chi connectivity index (χ1) is 15.5. The predicted molar refractivity (Wildman–Crippen MR) is 127 cm³/mol. The third kappa shape index (κ3) is 2.68. The standard InChI is InChI=1S/C25H25N3O2S2/c1-14-8-27-23(32-14)25(30)7-19-17(18-4-5-24(18,19)13-25)2-3-20(29)15-6-21(31-12-15)16-9-26-22-11-28(22)10-16/h2,6,8-10,12,18-19,22,30H,3-5,7,11,13H2,1H3/b17-2+. The summed E-state index contributed by atoms with van der Waals surface area (Å²) in [4.78, 5) is 26.4. The van der Waals surface area contributed by atoms with Crippen LogP contribution in [0.25, 0.3) is 5.57 Å². The van der Waals surface area contributed by atoms with Crippen LogP contribution in [0.4, 0.5) is 0 Å². The first-order valence-electron chi connectivity index (χ1n) is 11.4. The van der Waals surface area contributed by atoms with Crippen LogP contribution in [0.2, 0.25) is 0 Å². The minimum Gasteiger partial charge on any atom is -0.383 e. The molecule has 1 spiro atoms. The maximum Gasteiger partial charge on any atom is 0.167 e. The molecule has 0 amide bonds. The van der Waals surface area contributed by atoms with Gasteiger partial charge in [-0.3, -0.25) is 9.79 Å². The monoisotopic (exact) mass is 463 g/mol. The number of nitrogens with zero attached hydrogens (tertiary/aromatic N) is 3. The summed E-state index contributed by atoms with van der Waals surface area (Å²) >= 11 is 3.24. The molecule has 0 radical (unpaired) electrons. The third-order valence-corrected chi connectivity index (χ3v) is 10.4. The molecule has 5 aliphatic rings. The van der Waals surface area contributed by atoms with E-state index >= 15 is 0 Å². The fraction of sp³-hybridized carbons (Fsp3) is 0.480. The van der Waals surface area contributed by atoms with Crippen molar-refractivity contribution in [2.24, 2.45) is 22.2 Å². The van der Waals surface area contributed by atoms with Crippen LogP contribution in [-0.4, -0.2) is 39.7 Å². The van der Waals surface area contributed by atoms with Crippen molar-refractivity contribution >= 4 is 40.2 Å². The van der Waals surface area contributed by atoms with Crippen molar-refractivity contribution in [3.05, 3.63) is 55.8 Å². The van der Waals surface area contributed by atoms with E-state index in [0.717, 1.165) is 45.3 Å². The number of carbonyl (C=O) groups is 1. The summed E-state index contributed by atoms with van der Waals surface area (Å²) in [5, 5.41) is 14.3. The number of aliphatic hydroxyl groups is 1. The number of Topliss-reactive ketones (excluding diaryl/α,β-unsaturated/α-hetero) is 1. The summed E-state index contributed by atoms with van der Waals surface area (Å²) in [6.07, 6.45) is 12.9. The van der Waals surface area contributed by atoms with Crippen LogP contribution in [0.5, 0.6) is 0 Å². The summed E-state index contributed by atoms with van der Waals surface area (Å²) in [7, 11) is 0. The molecule has 4 heterocycles. The molecule has 4 fully saturated rings. The van der Waals surface area contributed by atoms with E-state index in [2.05, 4.69) is 27.2 Å². The Balaban J connectivity index is 1.07. The van der Waals surface area contributed by atoms with Crippen molar-refractivity contribution in [1.82, 2.24) is 9.88 Å². The molecular weight excluding hydrogens is 438 g/mol. The highest BCUT2D eigenvalue weighted by Gasteiger charge is 2.71. The van der Waals surface area contributed by atoms with Gasteiger partial charge in [0.15, 0.2) is 5.78 Å². The molecule has 2 aliphatic heterocycles. The summed E-state index contributed by atoms with van der Waals surface area (Å²) < 4.78 is 0. The molecule has 5 nitrogen and oxygen atoms in total. The van der Waals surface area contributed by atoms with Crippen molar-refractivity contribution < 1.29 is 9.90 Å². The fourth-order valence-corrected chi connectivity index (χ4v) is 8.31. The molecule has 1 N–H and O–H groups in total. The van der Waals surface area contributed by atoms with Crippen LogP contribution in [0, 0.1) is 24.2 Å². The summed E-state index contributed by atoms with van der Waals surface area (Å²) in [5.74, 6) is 1.14. The molecule has 1 saturated heterocycles. The Morgan fingerprint density at radius 3 is 3.06 bits per heavy atom. The molecule has 2 aromatic heterocycles. The lowest BCUT2D eigenvalue weighted by Gasteiger charge is -2.63. The highest BCUT2D eigenvalue weighted by molar-refractivity contribution is 7.12. The Kier molecular flexibility index (Phi) is 3.93. The van der Waals surface area contributed by atoms with E-state index < -0.39 is 5.60 Å². The summed E-state index contributed by atoms with van der Waals surface area (Å²) in [6.45, 7) is 3.05. The van der Waals surface area contributed by atoms with Crippen molar-refractivity contribution in [2.45, 2.75) is 50.8 Å². The average molecular weight is 464 g/mol. The number of ketones is 1. The van der Waals surface area contributed by atoms with E-state index in [4.69, 9.17) is 0 Å². The van der Waals surface area contributed by atoms with Gasteiger partial charge in [0.25, 0.3) is 0 Å². The molecule has 5 unspecified atom stereocenters. The van der Waals surface area contributed by atoms with Crippen LogP contribution >= 0.6 is 22.7 Å². The van der Waals surface area contributed by atoms with E-state index in [1.54, 1.807) is 22.7 Å². The Bertz CT molecular complexity index is 1240. The second kappa shape index (κ2) is 6.49. The van der Waals surface area contributed by atoms with Gasteiger partial charge in [0.2, 0.25) is 0 Å². The zero-order chi connectivity index (χ0) is 21.7. The SMILES string of the molecule is Cc1cnc(C2(O)CC3/C(=C/CC(=O)c4csc(C5=CN6CC6N=C5)c4)C4CCC43C2)s1. The number of hydrogen-bond donors (Lipinski definition) is 1. The number of aromatic nitrogens is 1. The second-order valence-corrected chi connectivity index (χ2v) is 12.3. The smallest absolute Gasteiger partial charge is 0.167 e. The summed E-state index contributed by atoms with van der Waals surface area (Å²) in [6, 6.07) is 2.01. The number of aryl methyl sites for hydroxylation is 1. The third-order valence-electron chi connectivity index (χ3n) is 8.32. The van der Waals surface area contributed by atoms with Crippen molar-refractivity contribution in [3.8, 4) is 0 Å². The van der Waals surface area contributed by atoms with Gasteiger partial charge in [-0.2, -0.15) is 0 Å². The van der Waals surface area contributed by atoms with Crippen molar-refractivity contribution in [3.63, 3.8) is 0 Å². The van der Waals surface area contributed by atoms with Crippen LogP contribution in [0.15, 0.2) is 40.5 Å². The number of rotatable bonds is 5. The molecule has 7 heteroatoms. The van der Waals surface area contributed by atoms with Gasteiger partial charge < -0.3 is 10.0 Å². The molecule has 7 rings (SSSR count). The fourth-order valence-electron chi connectivity index (χ4n) is 6.56. The van der Waals surface area contributed by atoms with Crippen LogP contribution in [0.3, 0.4) is 0 Å². The molecular formula is C25H25N3O2S2. The number of fused-ring (bicyclic) bond motifs is 1. The zero-order valence-corrected chi connectivity index (χ0v) is 19.6. The molecule has 0 bridgehead atoms. The highest BCUT2D eigenvalue weighted by atomic mass is 32.1. The number of allylic oxidation sites excluding steroid dienone is 3. The van der Waals surface area contributed by atoms with Gasteiger partial charge in [-0.25, -0.2) is 4.98 Å². The normalized spacial score (nSPS) is 37.3. The highest BCUT2D eigenvalue weighted by Crippen LogP contribution is 2.77. The lowest BCUT2D eigenvalue weighted by Crippen LogP contribution is -2.55. The van der Waals surface area contributed by atoms with E-state index in [9.17, 15) is 9.90 Å². The summed E-state index contributed by atoms with van der Waals surface area (Å²) in [5.41, 5.74) is 2.77. The minimum absolute atomic E-state index is 0.179. The van der Waals surface area contributed by atoms with Crippen LogP contribution in [-0.2, 0) is 5.60 Å². The van der Waals surface area contributed by atoms with Crippen molar-refractivity contribution in [2.75, 3.05) is 6.54 Å². The molecule has 164 valence electrons. The Morgan fingerprint density at radius 2 is 2.31 bits per heavy atom. The lowest BCUT2D eigenvalue weighted by atomic mass is 9.41. The van der Waals surface area contributed by atoms with Gasteiger partial charge in [-0.1, -0.05) is 11.6 Å². The van der Waals surface area contributed by atoms with Gasteiger partial charge in [0.05, 0.1) is 6.54 Å². The molecule has 3 aliphatic carbocycles. The minimum atomic E-state index is -0.796. The number of thiophene rings is 1. The van der Waals surface area contributed by atoms with Gasteiger partial charge >= 0.3 is 0 Å². The zero-order valence-electron chi connectivity index (χ0n) is 18.0. The Morgan fingerprint density at radius 1 is 1.41 bits per heavy atom.